The second kappa shape index (κ2) is 7.33. The first kappa shape index (κ1) is 14.0. The largest absolute Gasteiger partial charge is 0.370 e. The molecule has 1 aromatic rings. The Morgan fingerprint density at radius 2 is 1.94 bits per heavy atom. The number of hydrogen-bond donors (Lipinski definition) is 1. The molecule has 2 heteroatoms. The van der Waals surface area contributed by atoms with Gasteiger partial charge < -0.3 is 10.2 Å². The average Bonchev–Trinajstić information content (AvgIpc) is 2.35. The lowest BCUT2D eigenvalue weighted by atomic mass is 10.1. The predicted octanol–water partition coefficient (Wildman–Crippen LogP) is 3.21. The Morgan fingerprint density at radius 3 is 2.53 bits per heavy atom. The molecule has 0 fully saturated rings. The van der Waals surface area contributed by atoms with Crippen LogP contribution in [-0.2, 0) is 0 Å². The van der Waals surface area contributed by atoms with Crippen molar-refractivity contribution in [1.29, 1.82) is 0 Å². The van der Waals surface area contributed by atoms with E-state index in [1.165, 1.54) is 24.1 Å². The third-order valence-corrected chi connectivity index (χ3v) is 3.32. The summed E-state index contributed by atoms with van der Waals surface area (Å²) in [6.07, 6.45) is 2.37. The molecule has 1 rings (SSSR count). The van der Waals surface area contributed by atoms with Crippen LogP contribution in [0.5, 0.6) is 0 Å². The van der Waals surface area contributed by atoms with Gasteiger partial charge in [0, 0.05) is 25.3 Å². The van der Waals surface area contributed by atoms with Gasteiger partial charge in [0.15, 0.2) is 0 Å². The van der Waals surface area contributed by atoms with Crippen molar-refractivity contribution >= 4 is 5.69 Å². The molecular weight excluding hydrogens is 208 g/mol. The van der Waals surface area contributed by atoms with Gasteiger partial charge in [-0.15, -0.1) is 0 Å². The third-order valence-electron chi connectivity index (χ3n) is 3.32. The molecule has 17 heavy (non-hydrogen) atoms. The van der Waals surface area contributed by atoms with Crippen molar-refractivity contribution in [2.75, 3.05) is 25.0 Å². The normalized spacial score (nSPS) is 12.5. The molecule has 0 radical (unpaired) electrons. The summed E-state index contributed by atoms with van der Waals surface area (Å²) >= 11 is 0. The molecule has 0 aliphatic heterocycles. The summed E-state index contributed by atoms with van der Waals surface area (Å²) in [5, 5.41) is 3.51. The number of anilines is 1. The van der Waals surface area contributed by atoms with Crippen LogP contribution < -0.4 is 10.2 Å². The standard InChI is InChI=1S/C15H26N2/c1-5-11-16-12-14(6-2)17(4)15-10-8-7-9-13(15)3/h7-10,14,16H,5-6,11-12H2,1-4H3. The minimum Gasteiger partial charge on any atom is -0.370 e. The van der Waals surface area contributed by atoms with E-state index < -0.39 is 0 Å². The maximum atomic E-state index is 3.51. The fourth-order valence-electron chi connectivity index (χ4n) is 2.16. The molecule has 0 aliphatic carbocycles. The minimum absolute atomic E-state index is 0.572. The van der Waals surface area contributed by atoms with Crippen LogP contribution in [0.15, 0.2) is 24.3 Å². The second-order valence-corrected chi connectivity index (χ2v) is 4.66. The van der Waals surface area contributed by atoms with Gasteiger partial charge in [-0.2, -0.15) is 0 Å². The molecule has 0 bridgehead atoms. The van der Waals surface area contributed by atoms with E-state index in [2.05, 4.69) is 62.3 Å². The van der Waals surface area contributed by atoms with Gasteiger partial charge in [0.05, 0.1) is 0 Å². The maximum Gasteiger partial charge on any atom is 0.0408 e. The third kappa shape index (κ3) is 4.04. The van der Waals surface area contributed by atoms with E-state index in [0.29, 0.717) is 6.04 Å². The second-order valence-electron chi connectivity index (χ2n) is 4.66. The summed E-state index contributed by atoms with van der Waals surface area (Å²) in [5.74, 6) is 0. The molecule has 1 aromatic carbocycles. The number of para-hydroxylation sites is 1. The topological polar surface area (TPSA) is 15.3 Å². The van der Waals surface area contributed by atoms with Crippen LogP contribution in [0.2, 0.25) is 0 Å². The monoisotopic (exact) mass is 234 g/mol. The van der Waals surface area contributed by atoms with Gasteiger partial charge >= 0.3 is 0 Å². The Labute approximate surface area is 106 Å². The Bertz CT molecular complexity index is 322. The van der Waals surface area contributed by atoms with E-state index in [9.17, 15) is 0 Å². The van der Waals surface area contributed by atoms with E-state index in [0.717, 1.165) is 13.1 Å². The number of likely N-dealkylation sites (N-methyl/N-ethyl adjacent to an activating group) is 1. The van der Waals surface area contributed by atoms with E-state index in [-0.39, 0.29) is 0 Å². The molecule has 1 unspecified atom stereocenters. The fourth-order valence-corrected chi connectivity index (χ4v) is 2.16. The van der Waals surface area contributed by atoms with Crippen molar-refractivity contribution in [2.24, 2.45) is 0 Å². The van der Waals surface area contributed by atoms with Crippen molar-refractivity contribution in [2.45, 2.75) is 39.7 Å². The SMILES string of the molecule is CCCNCC(CC)N(C)c1ccccc1C. The van der Waals surface area contributed by atoms with Crippen molar-refractivity contribution in [1.82, 2.24) is 5.32 Å². The summed E-state index contributed by atoms with van der Waals surface area (Å²) in [7, 11) is 2.20. The van der Waals surface area contributed by atoms with Crippen LogP contribution >= 0.6 is 0 Å². The molecule has 0 amide bonds. The van der Waals surface area contributed by atoms with E-state index >= 15 is 0 Å². The van der Waals surface area contributed by atoms with E-state index in [1.807, 2.05) is 0 Å². The van der Waals surface area contributed by atoms with Gasteiger partial charge in [-0.3, -0.25) is 0 Å². The number of nitrogens with zero attached hydrogens (tertiary/aromatic N) is 1. The van der Waals surface area contributed by atoms with Crippen LogP contribution in [0.4, 0.5) is 5.69 Å². The van der Waals surface area contributed by atoms with Gasteiger partial charge in [0.25, 0.3) is 0 Å². The Balaban J connectivity index is 2.65. The lowest BCUT2D eigenvalue weighted by Crippen LogP contribution is -2.40. The summed E-state index contributed by atoms with van der Waals surface area (Å²) in [6.45, 7) is 8.82. The highest BCUT2D eigenvalue weighted by Crippen LogP contribution is 2.20. The number of benzene rings is 1. The van der Waals surface area contributed by atoms with Crippen LogP contribution in [0.25, 0.3) is 0 Å². The number of hydrogen-bond acceptors (Lipinski definition) is 2. The van der Waals surface area contributed by atoms with Gasteiger partial charge in [0.1, 0.15) is 0 Å². The van der Waals surface area contributed by atoms with Crippen LogP contribution in [0.1, 0.15) is 32.3 Å². The molecule has 96 valence electrons. The highest BCUT2D eigenvalue weighted by Gasteiger charge is 2.13. The molecule has 1 N–H and O–H groups in total. The first-order valence-corrected chi connectivity index (χ1v) is 6.69. The number of aryl methyl sites for hydroxylation is 1. The van der Waals surface area contributed by atoms with Crippen molar-refractivity contribution in [3.63, 3.8) is 0 Å². The lowest BCUT2D eigenvalue weighted by Gasteiger charge is -2.30. The summed E-state index contributed by atoms with van der Waals surface area (Å²) in [6, 6.07) is 9.17. The average molecular weight is 234 g/mol. The van der Waals surface area contributed by atoms with E-state index in [1.54, 1.807) is 0 Å². The summed E-state index contributed by atoms with van der Waals surface area (Å²) in [4.78, 5) is 2.40. The van der Waals surface area contributed by atoms with Crippen molar-refractivity contribution in [3.05, 3.63) is 29.8 Å². The maximum absolute atomic E-state index is 3.51. The molecule has 0 spiro atoms. The number of rotatable bonds is 7. The zero-order chi connectivity index (χ0) is 12.7. The molecular formula is C15H26N2. The highest BCUT2D eigenvalue weighted by molar-refractivity contribution is 5.53. The zero-order valence-electron chi connectivity index (χ0n) is 11.7. The molecule has 0 heterocycles. The van der Waals surface area contributed by atoms with Gasteiger partial charge in [-0.25, -0.2) is 0 Å². The van der Waals surface area contributed by atoms with Crippen LogP contribution in [0.3, 0.4) is 0 Å². The first-order chi connectivity index (χ1) is 8.20. The predicted molar refractivity (Wildman–Crippen MR) is 76.8 cm³/mol. The molecule has 0 aromatic heterocycles. The highest BCUT2D eigenvalue weighted by atomic mass is 15.2. The fraction of sp³-hybridized carbons (Fsp3) is 0.600. The van der Waals surface area contributed by atoms with Gasteiger partial charge in [-0.05, 0) is 37.9 Å². The van der Waals surface area contributed by atoms with Gasteiger partial charge in [0.2, 0.25) is 0 Å². The van der Waals surface area contributed by atoms with E-state index in [4.69, 9.17) is 0 Å². The lowest BCUT2D eigenvalue weighted by molar-refractivity contribution is 0.539. The Hall–Kier alpha value is -1.02. The molecule has 2 nitrogen and oxygen atoms in total. The quantitative estimate of drug-likeness (QED) is 0.729. The molecule has 1 atom stereocenters. The minimum atomic E-state index is 0.572. The zero-order valence-corrected chi connectivity index (χ0v) is 11.7. The summed E-state index contributed by atoms with van der Waals surface area (Å²) in [5.41, 5.74) is 2.70. The van der Waals surface area contributed by atoms with Crippen LogP contribution in [-0.4, -0.2) is 26.2 Å². The molecule has 0 saturated heterocycles. The van der Waals surface area contributed by atoms with Crippen molar-refractivity contribution in [3.8, 4) is 0 Å². The number of nitrogens with one attached hydrogen (secondary N) is 1. The van der Waals surface area contributed by atoms with Gasteiger partial charge in [-0.1, -0.05) is 32.0 Å². The molecule has 0 aliphatic rings. The molecule has 0 saturated carbocycles. The van der Waals surface area contributed by atoms with Crippen LogP contribution in [0, 0.1) is 6.92 Å². The smallest absolute Gasteiger partial charge is 0.0408 e. The van der Waals surface area contributed by atoms with Crippen molar-refractivity contribution < 1.29 is 0 Å². The summed E-state index contributed by atoms with van der Waals surface area (Å²) < 4.78 is 0. The Kier molecular flexibility index (Phi) is 6.06. The first-order valence-electron chi connectivity index (χ1n) is 6.69. The Morgan fingerprint density at radius 1 is 1.24 bits per heavy atom.